The Morgan fingerprint density at radius 2 is 1.94 bits per heavy atom. The van der Waals surface area contributed by atoms with Crippen molar-refractivity contribution in [2.75, 3.05) is 11.5 Å². The monoisotopic (exact) mass is 435 g/mol. The number of rotatable bonds is 3. The molecule has 2 aliphatic heterocycles. The van der Waals surface area contributed by atoms with Gasteiger partial charge in [-0.3, -0.25) is 14.5 Å². The Kier molecular flexibility index (Phi) is 4.63. The molecule has 2 aliphatic rings. The SMILES string of the molecule is Cc1ccsc1C1/C(=C(/O)c2ccc3c(c2)CCO3)C(=O)C(=O)N1c1ccc(F)cc1. The summed E-state index contributed by atoms with van der Waals surface area (Å²) >= 11 is 1.40. The number of amides is 1. The van der Waals surface area contributed by atoms with Gasteiger partial charge in [0.15, 0.2) is 0 Å². The number of aliphatic hydroxyl groups is 1. The summed E-state index contributed by atoms with van der Waals surface area (Å²) < 4.78 is 19.0. The third-order valence-electron chi connectivity index (χ3n) is 5.66. The maximum absolute atomic E-state index is 13.5. The first-order chi connectivity index (χ1) is 15.0. The molecule has 5 nitrogen and oxygen atoms in total. The number of hydrogen-bond donors (Lipinski definition) is 1. The highest BCUT2D eigenvalue weighted by Gasteiger charge is 2.48. The number of nitrogens with zero attached hydrogens (tertiary/aromatic N) is 1. The highest BCUT2D eigenvalue weighted by atomic mass is 32.1. The number of carbonyl (C=O) groups excluding carboxylic acids is 2. The van der Waals surface area contributed by atoms with E-state index in [1.165, 1.54) is 40.5 Å². The minimum Gasteiger partial charge on any atom is -0.507 e. The van der Waals surface area contributed by atoms with E-state index in [4.69, 9.17) is 4.74 Å². The summed E-state index contributed by atoms with van der Waals surface area (Å²) in [7, 11) is 0. The predicted octanol–water partition coefficient (Wildman–Crippen LogP) is 4.76. The molecule has 1 atom stereocenters. The molecule has 0 bridgehead atoms. The Morgan fingerprint density at radius 1 is 1.16 bits per heavy atom. The summed E-state index contributed by atoms with van der Waals surface area (Å²) in [4.78, 5) is 28.3. The van der Waals surface area contributed by atoms with Crippen LogP contribution < -0.4 is 9.64 Å². The average Bonchev–Trinajstić information content (AvgIpc) is 3.46. The number of benzene rings is 2. The van der Waals surface area contributed by atoms with Crippen molar-refractivity contribution >= 4 is 34.5 Å². The third kappa shape index (κ3) is 3.13. The van der Waals surface area contributed by atoms with Gasteiger partial charge < -0.3 is 9.84 Å². The quantitative estimate of drug-likeness (QED) is 0.366. The molecule has 2 aromatic carbocycles. The molecule has 5 rings (SSSR count). The van der Waals surface area contributed by atoms with Gasteiger partial charge in [-0.2, -0.15) is 0 Å². The second-order valence-electron chi connectivity index (χ2n) is 7.53. The Labute approximate surface area is 182 Å². The van der Waals surface area contributed by atoms with Crippen molar-refractivity contribution in [2.45, 2.75) is 19.4 Å². The largest absolute Gasteiger partial charge is 0.507 e. The van der Waals surface area contributed by atoms with Crippen molar-refractivity contribution in [3.05, 3.63) is 86.9 Å². The van der Waals surface area contributed by atoms with Crippen molar-refractivity contribution < 1.29 is 23.8 Å². The molecule has 1 saturated heterocycles. The number of Topliss-reactive ketones (excluding diaryl/α,β-unsaturated/α-hetero) is 1. The molecule has 156 valence electrons. The Bertz CT molecular complexity index is 1240. The molecule has 1 fully saturated rings. The zero-order valence-corrected chi connectivity index (χ0v) is 17.4. The Balaban J connectivity index is 1.70. The van der Waals surface area contributed by atoms with Crippen LogP contribution in [0.1, 0.15) is 27.6 Å². The third-order valence-corrected chi connectivity index (χ3v) is 6.73. The van der Waals surface area contributed by atoms with E-state index in [9.17, 15) is 19.1 Å². The van der Waals surface area contributed by atoms with E-state index >= 15 is 0 Å². The van der Waals surface area contributed by atoms with Gasteiger partial charge in [0.2, 0.25) is 0 Å². The lowest BCUT2D eigenvalue weighted by atomic mass is 9.97. The minimum absolute atomic E-state index is 0.0266. The molecule has 7 heteroatoms. The Hall–Kier alpha value is -3.45. The highest BCUT2D eigenvalue weighted by Crippen LogP contribution is 2.45. The van der Waals surface area contributed by atoms with Crippen LogP contribution in [-0.2, 0) is 16.0 Å². The molecule has 0 radical (unpaired) electrons. The summed E-state index contributed by atoms with van der Waals surface area (Å²) in [5.41, 5.74) is 2.72. The van der Waals surface area contributed by atoms with Crippen LogP contribution in [0.3, 0.4) is 0 Å². The predicted molar refractivity (Wildman–Crippen MR) is 116 cm³/mol. The van der Waals surface area contributed by atoms with Gasteiger partial charge in [-0.05, 0) is 72.0 Å². The van der Waals surface area contributed by atoms with Crippen LogP contribution in [0.15, 0.2) is 59.5 Å². The zero-order valence-electron chi connectivity index (χ0n) is 16.6. The van der Waals surface area contributed by atoms with Gasteiger partial charge in [0.05, 0.1) is 12.2 Å². The molecule has 1 aromatic heterocycles. The molecule has 3 aromatic rings. The zero-order chi connectivity index (χ0) is 21.7. The molecule has 0 aliphatic carbocycles. The van der Waals surface area contributed by atoms with Crippen molar-refractivity contribution in [1.29, 1.82) is 0 Å². The number of carbonyl (C=O) groups is 2. The number of ether oxygens (including phenoxy) is 1. The fraction of sp³-hybridized carbons (Fsp3) is 0.167. The first-order valence-electron chi connectivity index (χ1n) is 9.82. The molecule has 3 heterocycles. The summed E-state index contributed by atoms with van der Waals surface area (Å²) in [6, 6.07) is 11.8. The summed E-state index contributed by atoms with van der Waals surface area (Å²) in [6.45, 7) is 2.46. The van der Waals surface area contributed by atoms with Gasteiger partial charge in [0.1, 0.15) is 23.4 Å². The van der Waals surface area contributed by atoms with Crippen molar-refractivity contribution in [2.24, 2.45) is 0 Å². The van der Waals surface area contributed by atoms with E-state index in [0.717, 1.165) is 21.8 Å². The molecule has 31 heavy (non-hydrogen) atoms. The standard InChI is InChI=1S/C24H18FNO4S/c1-13-9-11-31-23(13)20-19(21(27)15-2-7-18-14(12-15)8-10-30-18)22(28)24(29)26(20)17-5-3-16(25)4-6-17/h2-7,9,11-12,20,27H,8,10H2,1H3/b21-19-. The lowest BCUT2D eigenvalue weighted by Crippen LogP contribution is -2.29. The number of hydrogen-bond acceptors (Lipinski definition) is 5. The fourth-order valence-electron chi connectivity index (χ4n) is 4.10. The summed E-state index contributed by atoms with van der Waals surface area (Å²) in [5, 5.41) is 13.1. The van der Waals surface area contributed by atoms with Gasteiger partial charge in [-0.15, -0.1) is 11.3 Å². The van der Waals surface area contributed by atoms with Crippen LogP contribution in [0.5, 0.6) is 5.75 Å². The second kappa shape index (κ2) is 7.35. The van der Waals surface area contributed by atoms with E-state index in [1.807, 2.05) is 18.4 Å². The van der Waals surface area contributed by atoms with Crippen molar-refractivity contribution in [3.63, 3.8) is 0 Å². The summed E-state index contributed by atoms with van der Waals surface area (Å²) in [6.07, 6.45) is 0.716. The number of fused-ring (bicyclic) bond motifs is 1. The lowest BCUT2D eigenvalue weighted by Gasteiger charge is -2.25. The molecule has 0 saturated carbocycles. The van der Waals surface area contributed by atoms with Crippen LogP contribution in [0.25, 0.3) is 5.76 Å². The highest BCUT2D eigenvalue weighted by molar-refractivity contribution is 7.10. The van der Waals surface area contributed by atoms with E-state index in [-0.39, 0.29) is 11.3 Å². The van der Waals surface area contributed by atoms with Crippen molar-refractivity contribution in [3.8, 4) is 5.75 Å². The van der Waals surface area contributed by atoms with Gasteiger partial charge in [-0.25, -0.2) is 4.39 Å². The van der Waals surface area contributed by atoms with Crippen molar-refractivity contribution in [1.82, 2.24) is 0 Å². The van der Waals surface area contributed by atoms with Crippen LogP contribution in [0, 0.1) is 12.7 Å². The number of ketones is 1. The second-order valence-corrected chi connectivity index (χ2v) is 8.48. The first kappa shape index (κ1) is 19.5. The van der Waals surface area contributed by atoms with Gasteiger partial charge in [-0.1, -0.05) is 0 Å². The normalized spacial score (nSPS) is 19.5. The van der Waals surface area contributed by atoms with E-state index in [1.54, 1.807) is 18.2 Å². The van der Waals surface area contributed by atoms with Crippen LogP contribution in [-0.4, -0.2) is 23.4 Å². The molecule has 1 N–H and O–H groups in total. The van der Waals surface area contributed by atoms with E-state index in [2.05, 4.69) is 0 Å². The lowest BCUT2D eigenvalue weighted by molar-refractivity contribution is -0.132. The smallest absolute Gasteiger partial charge is 0.300 e. The maximum atomic E-state index is 13.5. The fourth-order valence-corrected chi connectivity index (χ4v) is 5.13. The molecular weight excluding hydrogens is 417 g/mol. The number of halogens is 1. The minimum atomic E-state index is -0.796. The maximum Gasteiger partial charge on any atom is 0.300 e. The topological polar surface area (TPSA) is 66.8 Å². The first-order valence-corrected chi connectivity index (χ1v) is 10.7. The Morgan fingerprint density at radius 3 is 2.65 bits per heavy atom. The number of aliphatic hydroxyl groups excluding tert-OH is 1. The van der Waals surface area contributed by atoms with Crippen LogP contribution >= 0.6 is 11.3 Å². The van der Waals surface area contributed by atoms with E-state index in [0.29, 0.717) is 24.3 Å². The van der Waals surface area contributed by atoms with Gasteiger partial charge in [0, 0.05) is 22.5 Å². The molecule has 0 spiro atoms. The number of thiophene rings is 1. The van der Waals surface area contributed by atoms with E-state index < -0.39 is 23.5 Å². The molecule has 1 unspecified atom stereocenters. The van der Waals surface area contributed by atoms with Gasteiger partial charge >= 0.3 is 0 Å². The number of aryl methyl sites for hydroxylation is 1. The molecular formula is C24H18FNO4S. The van der Waals surface area contributed by atoms with Crippen LogP contribution in [0.2, 0.25) is 0 Å². The average molecular weight is 435 g/mol. The van der Waals surface area contributed by atoms with Crippen LogP contribution in [0.4, 0.5) is 10.1 Å². The number of anilines is 1. The van der Waals surface area contributed by atoms with Gasteiger partial charge in [0.25, 0.3) is 11.7 Å². The summed E-state index contributed by atoms with van der Waals surface area (Å²) in [5.74, 6) is -1.43. The molecule has 1 amide bonds.